The maximum absolute atomic E-state index is 13.9. The molecule has 0 saturated heterocycles. The number of rotatable bonds is 4. The van der Waals surface area contributed by atoms with E-state index in [-0.39, 0.29) is 12.3 Å². The molecular formula is C18H19FN2O3. The summed E-state index contributed by atoms with van der Waals surface area (Å²) in [5.74, 6) is -1.72. The molecule has 1 aliphatic carbocycles. The third-order valence-corrected chi connectivity index (χ3v) is 4.69. The third-order valence-electron chi connectivity index (χ3n) is 4.69. The molecule has 0 atom stereocenters. The van der Waals surface area contributed by atoms with Crippen molar-refractivity contribution in [3.05, 3.63) is 42.0 Å². The number of hydrogen-bond donors (Lipinski definition) is 2. The van der Waals surface area contributed by atoms with Gasteiger partial charge >= 0.3 is 5.97 Å². The first-order valence-corrected chi connectivity index (χ1v) is 8.07. The fraction of sp³-hybridized carbons (Fsp3) is 0.389. The van der Waals surface area contributed by atoms with Gasteiger partial charge in [-0.05, 0) is 31.0 Å². The summed E-state index contributed by atoms with van der Waals surface area (Å²) in [5, 5.41) is 12.9. The van der Waals surface area contributed by atoms with Gasteiger partial charge in [0, 0.05) is 28.7 Å². The zero-order valence-electron chi connectivity index (χ0n) is 13.2. The smallest absolute Gasteiger partial charge is 0.305 e. The van der Waals surface area contributed by atoms with Crippen molar-refractivity contribution >= 4 is 22.6 Å². The van der Waals surface area contributed by atoms with Crippen molar-refractivity contribution in [3.63, 3.8) is 0 Å². The molecule has 0 radical (unpaired) electrons. The molecule has 0 spiro atoms. The molecule has 0 aliphatic heterocycles. The molecule has 0 unspecified atom stereocenters. The minimum absolute atomic E-state index is 0.101. The summed E-state index contributed by atoms with van der Waals surface area (Å²) >= 11 is 0. The molecule has 2 N–H and O–H groups in total. The predicted molar refractivity (Wildman–Crippen MR) is 87.2 cm³/mol. The van der Waals surface area contributed by atoms with Crippen LogP contribution in [0.15, 0.2) is 30.6 Å². The van der Waals surface area contributed by atoms with E-state index in [9.17, 15) is 19.1 Å². The number of nitrogens with one attached hydrogen (secondary N) is 1. The van der Waals surface area contributed by atoms with Gasteiger partial charge in [-0.1, -0.05) is 19.3 Å². The summed E-state index contributed by atoms with van der Waals surface area (Å²) in [6.07, 6.45) is 6.93. The monoisotopic (exact) mass is 330 g/mol. The van der Waals surface area contributed by atoms with Gasteiger partial charge in [0.15, 0.2) is 0 Å². The molecule has 1 fully saturated rings. The average Bonchev–Trinajstić information content (AvgIpc) is 2.55. The Morgan fingerprint density at radius 2 is 1.92 bits per heavy atom. The summed E-state index contributed by atoms with van der Waals surface area (Å²) in [7, 11) is 0. The Kier molecular flexibility index (Phi) is 4.46. The number of nitrogens with zero attached hydrogens (tertiary/aromatic N) is 1. The van der Waals surface area contributed by atoms with Crippen LogP contribution in [-0.2, 0) is 4.79 Å². The van der Waals surface area contributed by atoms with Gasteiger partial charge in [0.25, 0.3) is 5.91 Å². The first-order valence-electron chi connectivity index (χ1n) is 8.07. The van der Waals surface area contributed by atoms with E-state index >= 15 is 0 Å². The lowest BCUT2D eigenvalue weighted by Gasteiger charge is -2.37. The molecule has 1 amide bonds. The predicted octanol–water partition coefficient (Wildman–Crippen LogP) is 3.28. The van der Waals surface area contributed by atoms with Gasteiger partial charge in [-0.3, -0.25) is 14.6 Å². The van der Waals surface area contributed by atoms with Crippen molar-refractivity contribution in [1.29, 1.82) is 0 Å². The van der Waals surface area contributed by atoms with Crippen molar-refractivity contribution < 1.29 is 19.1 Å². The Bertz CT molecular complexity index is 785. The lowest BCUT2D eigenvalue weighted by atomic mass is 9.79. The van der Waals surface area contributed by atoms with Crippen molar-refractivity contribution in [1.82, 2.24) is 10.3 Å². The van der Waals surface area contributed by atoms with E-state index in [4.69, 9.17) is 0 Å². The maximum atomic E-state index is 13.9. The second-order valence-electron chi connectivity index (χ2n) is 6.38. The number of aliphatic carboxylic acids is 1. The molecule has 3 rings (SSSR count). The summed E-state index contributed by atoms with van der Waals surface area (Å²) in [6.45, 7) is 0. The molecule has 6 heteroatoms. The number of fused-ring (bicyclic) bond motifs is 1. The number of benzene rings is 1. The van der Waals surface area contributed by atoms with Gasteiger partial charge in [-0.2, -0.15) is 0 Å². The normalized spacial score (nSPS) is 16.7. The third kappa shape index (κ3) is 3.22. The molecule has 1 saturated carbocycles. The van der Waals surface area contributed by atoms with Gasteiger partial charge in [0.05, 0.1) is 12.0 Å². The van der Waals surface area contributed by atoms with Crippen molar-refractivity contribution in [2.24, 2.45) is 0 Å². The van der Waals surface area contributed by atoms with Gasteiger partial charge in [-0.25, -0.2) is 4.39 Å². The molecule has 24 heavy (non-hydrogen) atoms. The maximum Gasteiger partial charge on any atom is 0.305 e. The number of carbonyl (C=O) groups excluding carboxylic acids is 1. The first kappa shape index (κ1) is 16.4. The van der Waals surface area contributed by atoms with Gasteiger partial charge in [0.1, 0.15) is 5.82 Å². The van der Waals surface area contributed by atoms with Crippen LogP contribution in [0.1, 0.15) is 48.9 Å². The van der Waals surface area contributed by atoms with Crippen LogP contribution in [0.25, 0.3) is 10.8 Å². The summed E-state index contributed by atoms with van der Waals surface area (Å²) in [6, 6.07) is 4.20. The Hall–Kier alpha value is -2.50. The van der Waals surface area contributed by atoms with Gasteiger partial charge in [-0.15, -0.1) is 0 Å². The standard InChI is InChI=1S/C18H19FN2O3/c19-15-5-4-13(14-11-20-9-6-12(14)15)17(24)21-18(10-16(22)23)7-2-1-3-8-18/h4-6,9,11H,1-3,7-8,10H2,(H,21,24)(H,22,23). The molecule has 1 aliphatic rings. The number of amides is 1. The first-order chi connectivity index (χ1) is 11.5. The molecule has 1 aromatic heterocycles. The van der Waals surface area contributed by atoms with Crippen LogP contribution in [0.2, 0.25) is 0 Å². The number of hydrogen-bond acceptors (Lipinski definition) is 3. The van der Waals surface area contributed by atoms with E-state index in [1.165, 1.54) is 30.6 Å². The van der Waals surface area contributed by atoms with E-state index in [0.29, 0.717) is 29.2 Å². The van der Waals surface area contributed by atoms with Crippen LogP contribution in [-0.4, -0.2) is 27.5 Å². The van der Waals surface area contributed by atoms with E-state index in [0.717, 1.165) is 19.3 Å². The summed E-state index contributed by atoms with van der Waals surface area (Å²) < 4.78 is 13.9. The number of halogens is 1. The van der Waals surface area contributed by atoms with Crippen LogP contribution in [0.4, 0.5) is 4.39 Å². The van der Waals surface area contributed by atoms with E-state index in [1.807, 2.05) is 0 Å². The van der Waals surface area contributed by atoms with Crippen molar-refractivity contribution in [3.8, 4) is 0 Å². The Morgan fingerprint density at radius 3 is 2.62 bits per heavy atom. The van der Waals surface area contributed by atoms with Crippen molar-refractivity contribution in [2.45, 2.75) is 44.1 Å². The van der Waals surface area contributed by atoms with E-state index < -0.39 is 17.3 Å². The Balaban J connectivity index is 1.94. The fourth-order valence-corrected chi connectivity index (χ4v) is 3.52. The number of carboxylic acids is 1. The number of pyridine rings is 1. The summed E-state index contributed by atoms with van der Waals surface area (Å²) in [4.78, 5) is 28.0. The lowest BCUT2D eigenvalue weighted by molar-refractivity contribution is -0.139. The average molecular weight is 330 g/mol. The topological polar surface area (TPSA) is 79.3 Å². The number of aromatic nitrogens is 1. The van der Waals surface area contributed by atoms with Crippen LogP contribution in [0.5, 0.6) is 0 Å². The highest BCUT2D eigenvalue weighted by molar-refractivity contribution is 6.07. The van der Waals surface area contributed by atoms with Crippen LogP contribution in [0.3, 0.4) is 0 Å². The van der Waals surface area contributed by atoms with Crippen LogP contribution >= 0.6 is 0 Å². The zero-order valence-corrected chi connectivity index (χ0v) is 13.2. The lowest BCUT2D eigenvalue weighted by Crippen LogP contribution is -2.51. The van der Waals surface area contributed by atoms with Gasteiger partial charge < -0.3 is 10.4 Å². The molecule has 1 aromatic carbocycles. The second-order valence-corrected chi connectivity index (χ2v) is 6.38. The molecule has 5 nitrogen and oxygen atoms in total. The molecule has 1 heterocycles. The van der Waals surface area contributed by atoms with Gasteiger partial charge in [0.2, 0.25) is 0 Å². The minimum Gasteiger partial charge on any atom is -0.481 e. The Morgan fingerprint density at radius 1 is 1.17 bits per heavy atom. The minimum atomic E-state index is -0.928. The molecule has 2 aromatic rings. The summed E-state index contributed by atoms with van der Waals surface area (Å²) in [5.41, 5.74) is -0.417. The van der Waals surface area contributed by atoms with E-state index in [1.54, 1.807) is 0 Å². The largest absolute Gasteiger partial charge is 0.481 e. The number of carbonyl (C=O) groups is 2. The number of carboxylic acid groups (broad SMARTS) is 1. The highest BCUT2D eigenvalue weighted by Gasteiger charge is 2.36. The Labute approximate surface area is 138 Å². The van der Waals surface area contributed by atoms with E-state index in [2.05, 4.69) is 10.3 Å². The second kappa shape index (κ2) is 6.55. The molecule has 126 valence electrons. The fourth-order valence-electron chi connectivity index (χ4n) is 3.52. The quantitative estimate of drug-likeness (QED) is 0.901. The zero-order chi connectivity index (χ0) is 17.2. The highest BCUT2D eigenvalue weighted by atomic mass is 19.1. The van der Waals surface area contributed by atoms with Crippen molar-refractivity contribution in [2.75, 3.05) is 0 Å². The van der Waals surface area contributed by atoms with Crippen LogP contribution < -0.4 is 5.32 Å². The highest BCUT2D eigenvalue weighted by Crippen LogP contribution is 2.32. The SMILES string of the molecule is O=C(O)CC1(NC(=O)c2ccc(F)c3ccncc23)CCCCC1. The van der Waals surface area contributed by atoms with Crippen LogP contribution in [0, 0.1) is 5.82 Å². The molecule has 0 bridgehead atoms. The molecular weight excluding hydrogens is 311 g/mol.